The molecule has 76 valence electrons. The van der Waals surface area contributed by atoms with Gasteiger partial charge in [-0.25, -0.2) is 0 Å². The van der Waals surface area contributed by atoms with Crippen LogP contribution in [0.3, 0.4) is 0 Å². The van der Waals surface area contributed by atoms with Crippen molar-refractivity contribution >= 4 is 11.8 Å². The zero-order chi connectivity index (χ0) is 10.4. The van der Waals surface area contributed by atoms with Gasteiger partial charge in [0.15, 0.2) is 0 Å². The van der Waals surface area contributed by atoms with Crippen molar-refractivity contribution in [2.24, 2.45) is 5.73 Å². The Balaban J connectivity index is 3.98. The molecule has 2 amide bonds. The SMILES string of the molecule is CC[C@@H](N)C(=O)NC(C)C(=O)NC. The standard InChI is InChI=1S/C8H17N3O2/c1-4-6(9)8(13)11-5(2)7(12)10-3/h5-6H,4,9H2,1-3H3,(H,10,12)(H,11,13)/t5?,6-/m1/s1. The average Bonchev–Trinajstić information content (AvgIpc) is 2.14. The van der Waals surface area contributed by atoms with Gasteiger partial charge in [0.1, 0.15) is 6.04 Å². The summed E-state index contributed by atoms with van der Waals surface area (Å²) in [6, 6.07) is -1.07. The second-order valence-corrected chi connectivity index (χ2v) is 2.86. The van der Waals surface area contributed by atoms with Crippen molar-refractivity contribution in [1.29, 1.82) is 0 Å². The molecule has 0 spiro atoms. The van der Waals surface area contributed by atoms with Gasteiger partial charge in [-0.15, -0.1) is 0 Å². The molecule has 0 saturated carbocycles. The van der Waals surface area contributed by atoms with Gasteiger partial charge in [-0.3, -0.25) is 9.59 Å². The highest BCUT2D eigenvalue weighted by atomic mass is 16.2. The van der Waals surface area contributed by atoms with Gasteiger partial charge in [0.25, 0.3) is 0 Å². The average molecular weight is 187 g/mol. The minimum atomic E-state index is -0.535. The lowest BCUT2D eigenvalue weighted by Gasteiger charge is -2.14. The van der Waals surface area contributed by atoms with Crippen molar-refractivity contribution in [3.63, 3.8) is 0 Å². The minimum absolute atomic E-state index is 0.225. The third kappa shape index (κ3) is 3.89. The summed E-state index contributed by atoms with van der Waals surface area (Å²) in [6.07, 6.45) is 0.562. The summed E-state index contributed by atoms with van der Waals surface area (Å²) in [6.45, 7) is 3.42. The highest BCUT2D eigenvalue weighted by Gasteiger charge is 2.17. The number of hydrogen-bond acceptors (Lipinski definition) is 3. The lowest BCUT2D eigenvalue weighted by Crippen LogP contribution is -2.49. The van der Waals surface area contributed by atoms with Crippen molar-refractivity contribution in [2.75, 3.05) is 7.05 Å². The molecule has 0 aromatic rings. The molecule has 5 heteroatoms. The smallest absolute Gasteiger partial charge is 0.242 e. The van der Waals surface area contributed by atoms with Crippen LogP contribution in [-0.4, -0.2) is 30.9 Å². The summed E-state index contributed by atoms with van der Waals surface area (Å²) >= 11 is 0. The fourth-order valence-corrected chi connectivity index (χ4v) is 0.788. The van der Waals surface area contributed by atoms with Crippen LogP contribution in [0.25, 0.3) is 0 Å². The molecular formula is C8H17N3O2. The van der Waals surface area contributed by atoms with Crippen LogP contribution in [0.4, 0.5) is 0 Å². The van der Waals surface area contributed by atoms with E-state index in [-0.39, 0.29) is 11.8 Å². The molecule has 0 bridgehead atoms. The van der Waals surface area contributed by atoms with Crippen molar-refractivity contribution in [3.05, 3.63) is 0 Å². The molecule has 0 aliphatic heterocycles. The van der Waals surface area contributed by atoms with E-state index in [4.69, 9.17) is 5.73 Å². The van der Waals surface area contributed by atoms with Gasteiger partial charge >= 0.3 is 0 Å². The third-order valence-electron chi connectivity index (χ3n) is 1.78. The van der Waals surface area contributed by atoms with E-state index in [0.29, 0.717) is 6.42 Å². The number of hydrogen-bond donors (Lipinski definition) is 3. The van der Waals surface area contributed by atoms with Crippen LogP contribution >= 0.6 is 0 Å². The van der Waals surface area contributed by atoms with E-state index < -0.39 is 12.1 Å². The predicted octanol–water partition coefficient (Wildman–Crippen LogP) is -1.03. The van der Waals surface area contributed by atoms with Crippen molar-refractivity contribution in [1.82, 2.24) is 10.6 Å². The summed E-state index contributed by atoms with van der Waals surface area (Å²) in [5.41, 5.74) is 5.46. The number of amides is 2. The van der Waals surface area contributed by atoms with Crippen LogP contribution in [0.2, 0.25) is 0 Å². The van der Waals surface area contributed by atoms with E-state index in [1.54, 1.807) is 6.92 Å². The molecule has 0 aliphatic carbocycles. The summed E-state index contributed by atoms with van der Waals surface area (Å²) < 4.78 is 0. The number of rotatable bonds is 4. The van der Waals surface area contributed by atoms with Crippen LogP contribution in [0, 0.1) is 0 Å². The molecule has 5 nitrogen and oxygen atoms in total. The molecule has 0 rings (SSSR count). The van der Waals surface area contributed by atoms with Gasteiger partial charge in [-0.2, -0.15) is 0 Å². The van der Waals surface area contributed by atoms with Crippen molar-refractivity contribution in [2.45, 2.75) is 32.4 Å². The molecule has 0 heterocycles. The first-order valence-electron chi connectivity index (χ1n) is 4.30. The van der Waals surface area contributed by atoms with Gasteiger partial charge in [0.05, 0.1) is 6.04 Å². The van der Waals surface area contributed by atoms with Crippen LogP contribution in [0.1, 0.15) is 20.3 Å². The van der Waals surface area contributed by atoms with E-state index in [1.807, 2.05) is 6.92 Å². The van der Waals surface area contributed by atoms with Crippen LogP contribution in [0.15, 0.2) is 0 Å². The molecule has 0 aromatic heterocycles. The Labute approximate surface area is 78.1 Å². The van der Waals surface area contributed by atoms with E-state index in [2.05, 4.69) is 10.6 Å². The first-order valence-corrected chi connectivity index (χ1v) is 4.30. The first-order chi connectivity index (χ1) is 6.02. The van der Waals surface area contributed by atoms with Crippen molar-refractivity contribution < 1.29 is 9.59 Å². The zero-order valence-corrected chi connectivity index (χ0v) is 8.26. The summed E-state index contributed by atoms with van der Waals surface area (Å²) in [5.74, 6) is -0.518. The number of likely N-dealkylation sites (N-methyl/N-ethyl adjacent to an activating group) is 1. The summed E-state index contributed by atoms with van der Waals surface area (Å²) in [7, 11) is 1.52. The maximum absolute atomic E-state index is 11.2. The van der Waals surface area contributed by atoms with E-state index in [0.717, 1.165) is 0 Å². The molecule has 1 unspecified atom stereocenters. The maximum Gasteiger partial charge on any atom is 0.242 e. The van der Waals surface area contributed by atoms with Gasteiger partial charge in [0.2, 0.25) is 11.8 Å². The number of carbonyl (C=O) groups excluding carboxylic acids is 2. The maximum atomic E-state index is 11.2. The third-order valence-corrected chi connectivity index (χ3v) is 1.78. The highest BCUT2D eigenvalue weighted by molar-refractivity contribution is 5.89. The molecule has 4 N–H and O–H groups in total. The lowest BCUT2D eigenvalue weighted by molar-refractivity contribution is -0.129. The number of nitrogens with two attached hydrogens (primary N) is 1. The molecule has 2 atom stereocenters. The number of nitrogens with one attached hydrogen (secondary N) is 2. The predicted molar refractivity (Wildman–Crippen MR) is 49.9 cm³/mol. The van der Waals surface area contributed by atoms with Gasteiger partial charge in [-0.05, 0) is 13.3 Å². The molecule has 0 fully saturated rings. The molecule has 0 aromatic carbocycles. The minimum Gasteiger partial charge on any atom is -0.357 e. The Kier molecular flexibility index (Phi) is 5.06. The Morgan fingerprint density at radius 2 is 1.92 bits per heavy atom. The molecular weight excluding hydrogens is 170 g/mol. The van der Waals surface area contributed by atoms with E-state index in [1.165, 1.54) is 7.05 Å². The topological polar surface area (TPSA) is 84.2 Å². The van der Waals surface area contributed by atoms with Gasteiger partial charge < -0.3 is 16.4 Å². The van der Waals surface area contributed by atoms with Crippen LogP contribution in [0.5, 0.6) is 0 Å². The Bertz CT molecular complexity index is 194. The summed E-state index contributed by atoms with van der Waals surface area (Å²) in [5, 5.41) is 4.94. The molecule has 0 saturated heterocycles. The quantitative estimate of drug-likeness (QED) is 0.526. The second kappa shape index (κ2) is 5.53. The van der Waals surface area contributed by atoms with E-state index >= 15 is 0 Å². The largest absolute Gasteiger partial charge is 0.357 e. The number of carbonyl (C=O) groups is 2. The zero-order valence-electron chi connectivity index (χ0n) is 8.26. The van der Waals surface area contributed by atoms with E-state index in [9.17, 15) is 9.59 Å². The van der Waals surface area contributed by atoms with Gasteiger partial charge in [-0.1, -0.05) is 6.92 Å². The second-order valence-electron chi connectivity index (χ2n) is 2.86. The van der Waals surface area contributed by atoms with Crippen LogP contribution < -0.4 is 16.4 Å². The first kappa shape index (κ1) is 11.9. The van der Waals surface area contributed by atoms with Crippen molar-refractivity contribution in [3.8, 4) is 0 Å². The Morgan fingerprint density at radius 1 is 1.38 bits per heavy atom. The molecule has 0 radical (unpaired) electrons. The van der Waals surface area contributed by atoms with Gasteiger partial charge in [0, 0.05) is 7.05 Å². The molecule has 13 heavy (non-hydrogen) atoms. The summed E-state index contributed by atoms with van der Waals surface area (Å²) in [4.78, 5) is 22.2. The fraction of sp³-hybridized carbons (Fsp3) is 0.750. The van der Waals surface area contributed by atoms with Crippen LogP contribution in [-0.2, 0) is 9.59 Å². The normalized spacial score (nSPS) is 14.5. The Morgan fingerprint density at radius 3 is 2.31 bits per heavy atom. The highest BCUT2D eigenvalue weighted by Crippen LogP contribution is 1.88. The fourth-order valence-electron chi connectivity index (χ4n) is 0.788. The monoisotopic (exact) mass is 187 g/mol. The Hall–Kier alpha value is -1.10. The lowest BCUT2D eigenvalue weighted by atomic mass is 10.2. The molecule has 0 aliphatic rings.